The summed E-state index contributed by atoms with van der Waals surface area (Å²) in [5.41, 5.74) is 1.24. The van der Waals surface area contributed by atoms with E-state index in [1.165, 1.54) is 12.1 Å². The Balaban J connectivity index is 2.13. The van der Waals surface area contributed by atoms with Crippen molar-refractivity contribution in [1.29, 1.82) is 0 Å². The lowest BCUT2D eigenvalue weighted by molar-refractivity contribution is -0.137. The van der Waals surface area contributed by atoms with Gasteiger partial charge in [-0.3, -0.25) is 0 Å². The molecule has 1 aromatic rings. The van der Waals surface area contributed by atoms with Crippen LogP contribution in [0.2, 0.25) is 0 Å². The number of fused-ring (bicyclic) bond motifs is 3. The van der Waals surface area contributed by atoms with Gasteiger partial charge < -0.3 is 0 Å². The Kier molecular flexibility index (Phi) is 3.00. The van der Waals surface area contributed by atoms with Gasteiger partial charge in [0.25, 0.3) is 0 Å². The van der Waals surface area contributed by atoms with E-state index in [2.05, 4.69) is 12.2 Å². The molecular weight excluding hydrogens is 261 g/mol. The van der Waals surface area contributed by atoms with E-state index in [1.54, 1.807) is 6.07 Å². The Morgan fingerprint density at radius 3 is 2.50 bits per heavy atom. The smallest absolute Gasteiger partial charge is 0.166 e. The Hall–Kier alpha value is -1.25. The van der Waals surface area contributed by atoms with Gasteiger partial charge in [0.1, 0.15) is 0 Å². The fraction of sp³-hybridized carbons (Fsp3) is 0.529. The van der Waals surface area contributed by atoms with Crippen LogP contribution in [0.15, 0.2) is 30.4 Å². The summed E-state index contributed by atoms with van der Waals surface area (Å²) in [7, 11) is 0. The van der Waals surface area contributed by atoms with Gasteiger partial charge in [-0.2, -0.15) is 13.2 Å². The van der Waals surface area contributed by atoms with Gasteiger partial charge in [-0.15, -0.1) is 0 Å². The summed E-state index contributed by atoms with van der Waals surface area (Å²) in [4.78, 5) is 0. The van der Waals surface area contributed by atoms with Crippen molar-refractivity contribution in [1.82, 2.24) is 0 Å². The normalized spacial score (nSPS) is 27.9. The first kappa shape index (κ1) is 13.7. The van der Waals surface area contributed by atoms with Gasteiger partial charge in [0.05, 0.1) is 5.56 Å². The highest BCUT2D eigenvalue weighted by Gasteiger charge is 2.38. The molecule has 0 spiro atoms. The molecule has 0 nitrogen and oxygen atoms in total. The number of allylic oxidation sites excluding steroid dienone is 2. The minimum Gasteiger partial charge on any atom is -0.166 e. The standard InChI is InChI=1S/C17H19F3/c1-16(2)9-3-4-11-5-7-13(11)14-8-6-12(10-15(14)16)17(18,19)20/h3-4,6,8,10-11,13H,5,7,9H2,1-2H3. The largest absolute Gasteiger partial charge is 0.416 e. The van der Waals surface area contributed by atoms with Crippen molar-refractivity contribution in [3.05, 3.63) is 47.0 Å². The quantitative estimate of drug-likeness (QED) is 0.555. The Labute approximate surface area is 117 Å². The lowest BCUT2D eigenvalue weighted by atomic mass is 9.64. The maximum atomic E-state index is 13.0. The number of hydrogen-bond acceptors (Lipinski definition) is 0. The van der Waals surface area contributed by atoms with E-state index < -0.39 is 11.7 Å². The summed E-state index contributed by atoms with van der Waals surface area (Å²) in [5.74, 6) is 0.921. The molecule has 0 N–H and O–H groups in total. The molecule has 2 aliphatic rings. The van der Waals surface area contributed by atoms with Crippen LogP contribution in [-0.2, 0) is 11.6 Å². The molecule has 2 unspecified atom stereocenters. The second kappa shape index (κ2) is 4.37. The first-order chi connectivity index (χ1) is 9.29. The van der Waals surface area contributed by atoms with Crippen LogP contribution in [0.5, 0.6) is 0 Å². The molecule has 0 radical (unpaired) electrons. The zero-order chi connectivity index (χ0) is 14.5. The first-order valence-corrected chi connectivity index (χ1v) is 7.17. The average Bonchev–Trinajstić information content (AvgIpc) is 2.31. The molecule has 1 fully saturated rings. The minimum atomic E-state index is -4.26. The molecule has 0 aliphatic heterocycles. The summed E-state index contributed by atoms with van der Waals surface area (Å²) in [6, 6.07) is 4.34. The topological polar surface area (TPSA) is 0 Å². The zero-order valence-corrected chi connectivity index (χ0v) is 11.8. The Morgan fingerprint density at radius 2 is 1.90 bits per heavy atom. The molecule has 108 valence electrons. The van der Waals surface area contributed by atoms with Crippen molar-refractivity contribution in [3.63, 3.8) is 0 Å². The van der Waals surface area contributed by atoms with E-state index in [1.807, 2.05) is 13.8 Å². The van der Waals surface area contributed by atoms with E-state index in [0.717, 1.165) is 30.4 Å². The van der Waals surface area contributed by atoms with Crippen molar-refractivity contribution < 1.29 is 13.2 Å². The molecule has 1 aromatic carbocycles. The molecule has 0 aromatic heterocycles. The lowest BCUT2D eigenvalue weighted by Gasteiger charge is -2.41. The highest BCUT2D eigenvalue weighted by molar-refractivity contribution is 5.43. The molecule has 1 saturated carbocycles. The molecule has 2 atom stereocenters. The number of alkyl halides is 3. The monoisotopic (exact) mass is 280 g/mol. The van der Waals surface area contributed by atoms with Gasteiger partial charge in [-0.1, -0.05) is 32.1 Å². The van der Waals surface area contributed by atoms with Crippen LogP contribution in [0.4, 0.5) is 13.2 Å². The van der Waals surface area contributed by atoms with Crippen molar-refractivity contribution in [2.45, 2.75) is 50.6 Å². The SMILES string of the molecule is CC1(C)CC=CC2CCC2c2ccc(C(F)(F)F)cc21. The van der Waals surface area contributed by atoms with Gasteiger partial charge in [-0.05, 0) is 59.8 Å². The third-order valence-corrected chi connectivity index (χ3v) is 4.85. The molecule has 0 saturated heterocycles. The molecule has 3 rings (SSSR count). The molecule has 2 aliphatic carbocycles. The van der Waals surface area contributed by atoms with E-state index in [0.29, 0.717) is 11.8 Å². The van der Waals surface area contributed by atoms with E-state index in [4.69, 9.17) is 0 Å². The van der Waals surface area contributed by atoms with Crippen LogP contribution in [0.3, 0.4) is 0 Å². The zero-order valence-electron chi connectivity index (χ0n) is 11.8. The van der Waals surface area contributed by atoms with Crippen molar-refractivity contribution in [3.8, 4) is 0 Å². The maximum Gasteiger partial charge on any atom is 0.416 e. The van der Waals surface area contributed by atoms with Crippen LogP contribution in [0, 0.1) is 5.92 Å². The molecule has 0 amide bonds. The predicted octanol–water partition coefficient (Wildman–Crippen LogP) is 5.44. The third-order valence-electron chi connectivity index (χ3n) is 4.85. The van der Waals surface area contributed by atoms with E-state index in [-0.39, 0.29) is 5.41 Å². The predicted molar refractivity (Wildman–Crippen MR) is 73.7 cm³/mol. The van der Waals surface area contributed by atoms with Crippen LogP contribution in [0.1, 0.15) is 55.7 Å². The summed E-state index contributed by atoms with van der Waals surface area (Å²) in [6.45, 7) is 4.07. The second-order valence-corrected chi connectivity index (χ2v) is 6.66. The molecule has 3 heteroatoms. The van der Waals surface area contributed by atoms with Crippen LogP contribution < -0.4 is 0 Å². The van der Waals surface area contributed by atoms with Crippen molar-refractivity contribution in [2.75, 3.05) is 0 Å². The van der Waals surface area contributed by atoms with Gasteiger partial charge in [0.15, 0.2) is 0 Å². The number of rotatable bonds is 0. The van der Waals surface area contributed by atoms with Crippen LogP contribution in [0.25, 0.3) is 0 Å². The summed E-state index contributed by atoms with van der Waals surface area (Å²) < 4.78 is 38.9. The molecular formula is C17H19F3. The van der Waals surface area contributed by atoms with Gasteiger partial charge in [0, 0.05) is 0 Å². The van der Waals surface area contributed by atoms with Gasteiger partial charge in [-0.25, -0.2) is 0 Å². The second-order valence-electron chi connectivity index (χ2n) is 6.66. The van der Waals surface area contributed by atoms with Crippen LogP contribution >= 0.6 is 0 Å². The van der Waals surface area contributed by atoms with Gasteiger partial charge >= 0.3 is 6.18 Å². The highest BCUT2D eigenvalue weighted by Crippen LogP contribution is 2.49. The summed E-state index contributed by atoms with van der Waals surface area (Å²) >= 11 is 0. The fourth-order valence-corrected chi connectivity index (χ4v) is 3.43. The van der Waals surface area contributed by atoms with E-state index >= 15 is 0 Å². The number of hydrogen-bond donors (Lipinski definition) is 0. The van der Waals surface area contributed by atoms with Crippen molar-refractivity contribution >= 4 is 0 Å². The molecule has 20 heavy (non-hydrogen) atoms. The lowest BCUT2D eigenvalue weighted by Crippen LogP contribution is -2.29. The van der Waals surface area contributed by atoms with Crippen molar-refractivity contribution in [2.24, 2.45) is 5.92 Å². The average molecular weight is 280 g/mol. The summed E-state index contributed by atoms with van der Waals surface area (Å²) in [5, 5.41) is 0. The Morgan fingerprint density at radius 1 is 1.15 bits per heavy atom. The fourth-order valence-electron chi connectivity index (χ4n) is 3.43. The Bertz CT molecular complexity index is 552. The number of benzene rings is 1. The third kappa shape index (κ3) is 2.17. The number of halogens is 3. The molecule has 0 heterocycles. The highest BCUT2D eigenvalue weighted by atomic mass is 19.4. The summed E-state index contributed by atoms with van der Waals surface area (Å²) in [6.07, 6.45) is 3.19. The minimum absolute atomic E-state index is 0.242. The van der Waals surface area contributed by atoms with Crippen LogP contribution in [-0.4, -0.2) is 0 Å². The molecule has 0 bridgehead atoms. The van der Waals surface area contributed by atoms with E-state index in [9.17, 15) is 13.2 Å². The first-order valence-electron chi connectivity index (χ1n) is 7.17. The maximum absolute atomic E-state index is 13.0. The van der Waals surface area contributed by atoms with Gasteiger partial charge in [0.2, 0.25) is 0 Å².